The van der Waals surface area contributed by atoms with Gasteiger partial charge in [-0.25, -0.2) is 0 Å². The van der Waals surface area contributed by atoms with Crippen LogP contribution in [0.4, 0.5) is 0 Å². The number of hydrogen-bond donors (Lipinski definition) is 0. The summed E-state index contributed by atoms with van der Waals surface area (Å²) in [6.45, 7) is 10.7. The van der Waals surface area contributed by atoms with E-state index >= 15 is 0 Å². The van der Waals surface area contributed by atoms with Gasteiger partial charge in [-0.15, -0.1) is 0 Å². The van der Waals surface area contributed by atoms with Gasteiger partial charge in [0.2, 0.25) is 0 Å². The summed E-state index contributed by atoms with van der Waals surface area (Å²) >= 11 is 0. The van der Waals surface area contributed by atoms with E-state index in [2.05, 4.69) is 13.8 Å². The second kappa shape index (κ2) is 12.9. The second-order valence-electron chi connectivity index (χ2n) is 7.81. The van der Waals surface area contributed by atoms with Crippen LogP contribution in [0.15, 0.2) is 24.3 Å². The average molecular weight is 435 g/mol. The molecule has 0 aliphatic rings. The Balaban J connectivity index is 3.40. The molecule has 31 heavy (non-hydrogen) atoms. The summed E-state index contributed by atoms with van der Waals surface area (Å²) < 4.78 is 15.9. The second-order valence-corrected chi connectivity index (χ2v) is 7.81. The largest absolute Gasteiger partial charge is 0.494 e. The zero-order valence-corrected chi connectivity index (χ0v) is 19.3. The molecule has 0 saturated carbocycles. The Morgan fingerprint density at radius 2 is 1.26 bits per heavy atom. The third kappa shape index (κ3) is 7.81. The fourth-order valence-electron chi connectivity index (χ4n) is 3.37. The van der Waals surface area contributed by atoms with Gasteiger partial charge in [-0.3, -0.25) is 19.2 Å². The predicted octanol–water partition coefficient (Wildman–Crippen LogP) is 3.73. The molecular weight excluding hydrogens is 400 g/mol. The molecule has 2 atom stereocenters. The molecular formula is C24H34O7. The summed E-state index contributed by atoms with van der Waals surface area (Å²) in [5.74, 6) is -5.07. The molecule has 0 bridgehead atoms. The zero-order chi connectivity index (χ0) is 23.6. The molecule has 0 aliphatic heterocycles. The normalized spacial score (nSPS) is 12.9. The molecule has 1 rings (SSSR count). The topological polar surface area (TPSA) is 96.0 Å². The maximum atomic E-state index is 12.6. The summed E-state index contributed by atoms with van der Waals surface area (Å²) in [5.41, 5.74) is 0.484. The highest BCUT2D eigenvalue weighted by molar-refractivity contribution is 6.04. The van der Waals surface area contributed by atoms with E-state index in [1.54, 1.807) is 38.1 Å². The summed E-state index contributed by atoms with van der Waals surface area (Å²) in [6, 6.07) is 6.74. The van der Waals surface area contributed by atoms with Crippen LogP contribution in [0.3, 0.4) is 0 Å². The van der Waals surface area contributed by atoms with E-state index in [9.17, 15) is 19.2 Å². The van der Waals surface area contributed by atoms with Gasteiger partial charge in [0.15, 0.2) is 0 Å². The Hall–Kier alpha value is -2.70. The molecule has 0 heterocycles. The molecule has 0 aromatic heterocycles. The first kappa shape index (κ1) is 26.3. The van der Waals surface area contributed by atoms with Crippen LogP contribution < -0.4 is 4.74 Å². The van der Waals surface area contributed by atoms with Crippen LogP contribution in [0.2, 0.25) is 0 Å². The fourth-order valence-corrected chi connectivity index (χ4v) is 3.37. The van der Waals surface area contributed by atoms with Crippen molar-refractivity contribution in [1.82, 2.24) is 0 Å². The third-order valence-electron chi connectivity index (χ3n) is 4.90. The van der Waals surface area contributed by atoms with Crippen LogP contribution in [-0.2, 0) is 28.7 Å². The Labute approximate surface area is 184 Å². The minimum atomic E-state index is -1.31. The Morgan fingerprint density at radius 1 is 0.806 bits per heavy atom. The first-order chi connectivity index (χ1) is 14.6. The number of rotatable bonds is 13. The van der Waals surface area contributed by atoms with Crippen LogP contribution in [0.5, 0.6) is 5.75 Å². The van der Waals surface area contributed by atoms with Gasteiger partial charge in [-0.1, -0.05) is 26.0 Å². The van der Waals surface area contributed by atoms with Crippen molar-refractivity contribution >= 4 is 23.5 Å². The van der Waals surface area contributed by atoms with Gasteiger partial charge in [0.05, 0.1) is 19.8 Å². The first-order valence-electron chi connectivity index (χ1n) is 10.7. The highest BCUT2D eigenvalue weighted by Crippen LogP contribution is 2.36. The van der Waals surface area contributed by atoms with Crippen LogP contribution in [0.25, 0.3) is 0 Å². The molecule has 0 spiro atoms. The average Bonchev–Trinajstić information content (AvgIpc) is 2.67. The molecule has 1 aromatic carbocycles. The van der Waals surface area contributed by atoms with Crippen molar-refractivity contribution in [3.63, 3.8) is 0 Å². The molecule has 172 valence electrons. The number of carbonyl (C=O) groups is 4. The minimum Gasteiger partial charge on any atom is -0.494 e. The standard InChI is InChI=1S/C24H34O7/c1-7-29-23(27)20(16(5)25)22(21(17(6)26)24(28)30-8-2)18-9-11-19(12-10-18)31-14-13-15(3)4/h9-12,15,20-22H,7-8,13-14H2,1-6H3/t20-,21-/m0/s1. The van der Waals surface area contributed by atoms with E-state index in [4.69, 9.17) is 14.2 Å². The highest BCUT2D eigenvalue weighted by atomic mass is 16.5. The van der Waals surface area contributed by atoms with E-state index in [0.717, 1.165) is 6.42 Å². The molecule has 7 nitrogen and oxygen atoms in total. The summed E-state index contributed by atoms with van der Waals surface area (Å²) in [6.07, 6.45) is 0.898. The van der Waals surface area contributed by atoms with E-state index < -0.39 is 41.3 Å². The molecule has 7 heteroatoms. The van der Waals surface area contributed by atoms with Gasteiger partial charge in [-0.05, 0) is 57.7 Å². The summed E-state index contributed by atoms with van der Waals surface area (Å²) in [5, 5.41) is 0. The van der Waals surface area contributed by atoms with Crippen molar-refractivity contribution in [3.05, 3.63) is 29.8 Å². The SMILES string of the molecule is CCOC(=O)[C@@H](C(C)=O)C(c1ccc(OCCC(C)C)cc1)[C@H](C(C)=O)C(=O)OCC. The molecule has 0 radical (unpaired) electrons. The van der Waals surface area contributed by atoms with Gasteiger partial charge in [0, 0.05) is 5.92 Å². The monoisotopic (exact) mass is 434 g/mol. The zero-order valence-electron chi connectivity index (χ0n) is 19.3. The number of carbonyl (C=O) groups excluding carboxylic acids is 4. The van der Waals surface area contributed by atoms with Gasteiger partial charge < -0.3 is 14.2 Å². The van der Waals surface area contributed by atoms with E-state index in [1.807, 2.05) is 0 Å². The van der Waals surface area contributed by atoms with Gasteiger partial charge >= 0.3 is 11.9 Å². The molecule has 0 saturated heterocycles. The minimum absolute atomic E-state index is 0.0715. The van der Waals surface area contributed by atoms with Crippen molar-refractivity contribution in [2.24, 2.45) is 17.8 Å². The van der Waals surface area contributed by atoms with Crippen LogP contribution in [0.1, 0.15) is 59.4 Å². The number of hydrogen-bond acceptors (Lipinski definition) is 7. The molecule has 1 aromatic rings. The highest BCUT2D eigenvalue weighted by Gasteiger charge is 2.45. The van der Waals surface area contributed by atoms with E-state index in [0.29, 0.717) is 23.8 Å². The molecule has 0 unspecified atom stereocenters. The van der Waals surface area contributed by atoms with Crippen molar-refractivity contribution in [2.75, 3.05) is 19.8 Å². The summed E-state index contributed by atoms with van der Waals surface area (Å²) in [7, 11) is 0. The summed E-state index contributed by atoms with van der Waals surface area (Å²) in [4.78, 5) is 50.2. The number of ether oxygens (including phenoxy) is 3. The lowest BCUT2D eigenvalue weighted by Crippen LogP contribution is -2.40. The first-order valence-corrected chi connectivity index (χ1v) is 10.7. The number of benzene rings is 1. The lowest BCUT2D eigenvalue weighted by molar-refractivity contribution is -0.157. The van der Waals surface area contributed by atoms with Crippen molar-refractivity contribution < 1.29 is 33.4 Å². The van der Waals surface area contributed by atoms with Crippen molar-refractivity contribution in [2.45, 2.75) is 53.9 Å². The predicted molar refractivity (Wildman–Crippen MR) is 116 cm³/mol. The van der Waals surface area contributed by atoms with E-state index in [-0.39, 0.29) is 13.2 Å². The number of Topliss-reactive ketones (excluding diaryl/α,β-unsaturated/α-hetero) is 2. The maximum absolute atomic E-state index is 12.6. The smallest absolute Gasteiger partial charge is 0.317 e. The molecule has 0 N–H and O–H groups in total. The molecule has 0 fully saturated rings. The quantitative estimate of drug-likeness (QED) is 0.345. The van der Waals surface area contributed by atoms with Gasteiger partial charge in [0.25, 0.3) is 0 Å². The van der Waals surface area contributed by atoms with Crippen LogP contribution in [0, 0.1) is 17.8 Å². The Bertz CT molecular complexity index is 716. The van der Waals surface area contributed by atoms with Crippen LogP contribution in [-0.4, -0.2) is 43.3 Å². The van der Waals surface area contributed by atoms with Gasteiger partial charge in [-0.2, -0.15) is 0 Å². The van der Waals surface area contributed by atoms with Gasteiger partial charge in [0.1, 0.15) is 29.2 Å². The van der Waals surface area contributed by atoms with Crippen molar-refractivity contribution in [3.8, 4) is 5.75 Å². The Morgan fingerprint density at radius 3 is 1.61 bits per heavy atom. The Kier molecular flexibility index (Phi) is 10.9. The van der Waals surface area contributed by atoms with Crippen molar-refractivity contribution in [1.29, 1.82) is 0 Å². The van der Waals surface area contributed by atoms with Crippen LogP contribution >= 0.6 is 0 Å². The maximum Gasteiger partial charge on any atom is 0.317 e. The number of ketones is 2. The molecule has 0 amide bonds. The third-order valence-corrected chi connectivity index (χ3v) is 4.90. The number of esters is 2. The molecule has 0 aliphatic carbocycles. The lowest BCUT2D eigenvalue weighted by Gasteiger charge is -2.29. The van der Waals surface area contributed by atoms with E-state index in [1.165, 1.54) is 13.8 Å². The fraction of sp³-hybridized carbons (Fsp3) is 0.583. The lowest BCUT2D eigenvalue weighted by atomic mass is 9.73.